The van der Waals surface area contributed by atoms with Gasteiger partial charge in [0.1, 0.15) is 11.7 Å². The number of pyridine rings is 1. The van der Waals surface area contributed by atoms with Crippen LogP contribution in [0.2, 0.25) is 0 Å². The van der Waals surface area contributed by atoms with Crippen LogP contribution in [0.3, 0.4) is 0 Å². The molecule has 124 valence electrons. The van der Waals surface area contributed by atoms with E-state index in [9.17, 15) is 9.59 Å². The molecule has 3 heterocycles. The molecule has 0 spiro atoms. The van der Waals surface area contributed by atoms with Crippen LogP contribution >= 0.6 is 0 Å². The number of amides is 2. The van der Waals surface area contributed by atoms with Crippen LogP contribution in [0.5, 0.6) is 0 Å². The van der Waals surface area contributed by atoms with Crippen LogP contribution in [-0.2, 0) is 9.59 Å². The maximum atomic E-state index is 12.3. The number of hydrogen-bond acceptors (Lipinski definition) is 3. The van der Waals surface area contributed by atoms with Crippen molar-refractivity contribution >= 4 is 33.8 Å². The van der Waals surface area contributed by atoms with E-state index in [1.807, 2.05) is 42.7 Å². The summed E-state index contributed by atoms with van der Waals surface area (Å²) in [5.74, 6) is -0.451. The van der Waals surface area contributed by atoms with Crippen molar-refractivity contribution in [2.75, 3.05) is 0 Å². The van der Waals surface area contributed by atoms with Gasteiger partial charge in [-0.2, -0.15) is 0 Å². The van der Waals surface area contributed by atoms with Crippen molar-refractivity contribution in [1.29, 1.82) is 0 Å². The van der Waals surface area contributed by atoms with Crippen LogP contribution in [0, 0.1) is 6.92 Å². The fraction of sp³-hybridized carbons (Fsp3) is 0.316. The van der Waals surface area contributed by atoms with E-state index in [4.69, 9.17) is 0 Å². The van der Waals surface area contributed by atoms with Crippen LogP contribution < -0.4 is 5.32 Å². The number of fused-ring (bicyclic) bond motifs is 3. The lowest BCUT2D eigenvalue weighted by Gasteiger charge is -2.23. The SMILES string of the molecule is CC.Cc1cccc2c1c1cccnc1n2C1CCC(=O)NC1=O. The van der Waals surface area contributed by atoms with Gasteiger partial charge in [-0.25, -0.2) is 4.98 Å². The van der Waals surface area contributed by atoms with Gasteiger partial charge in [-0.05, 0) is 37.1 Å². The highest BCUT2D eigenvalue weighted by Crippen LogP contribution is 2.34. The Balaban J connectivity index is 0.000000815. The summed E-state index contributed by atoms with van der Waals surface area (Å²) in [7, 11) is 0. The normalized spacial score (nSPS) is 17.5. The van der Waals surface area contributed by atoms with Gasteiger partial charge in [0.05, 0.1) is 5.52 Å². The van der Waals surface area contributed by atoms with Gasteiger partial charge >= 0.3 is 0 Å². The molecule has 1 atom stereocenters. The predicted octanol–water partition coefficient (Wildman–Crippen LogP) is 3.50. The Bertz CT molecular complexity index is 927. The number of hydrogen-bond donors (Lipinski definition) is 1. The van der Waals surface area contributed by atoms with Crippen molar-refractivity contribution in [2.45, 2.75) is 39.7 Å². The Morgan fingerprint density at radius 2 is 1.96 bits per heavy atom. The summed E-state index contributed by atoms with van der Waals surface area (Å²) in [5.41, 5.74) is 2.94. The van der Waals surface area contributed by atoms with Crippen molar-refractivity contribution in [3.8, 4) is 0 Å². The minimum atomic E-state index is -0.394. The number of rotatable bonds is 1. The average Bonchev–Trinajstić information content (AvgIpc) is 2.93. The fourth-order valence-electron chi connectivity index (χ4n) is 3.35. The van der Waals surface area contributed by atoms with Crippen molar-refractivity contribution in [1.82, 2.24) is 14.9 Å². The molecule has 0 aliphatic carbocycles. The molecule has 1 aromatic carbocycles. The molecule has 4 rings (SSSR count). The van der Waals surface area contributed by atoms with Gasteiger partial charge in [0, 0.05) is 23.4 Å². The summed E-state index contributed by atoms with van der Waals surface area (Å²) in [4.78, 5) is 28.2. The molecule has 0 bridgehead atoms. The molecule has 2 amide bonds. The molecule has 1 saturated heterocycles. The molecule has 2 aromatic heterocycles. The minimum Gasteiger partial charge on any atom is -0.313 e. The standard InChI is InChI=1S/C17H15N3O2.C2H6/c1-10-4-2-6-12-15(10)11-5-3-9-18-16(11)20(12)13-7-8-14(21)19-17(13)22;1-2/h2-6,9,13H,7-8H2,1H3,(H,19,21,22);1-2H3. The summed E-state index contributed by atoms with van der Waals surface area (Å²) >= 11 is 0. The second-order valence-corrected chi connectivity index (χ2v) is 5.68. The second-order valence-electron chi connectivity index (χ2n) is 5.68. The van der Waals surface area contributed by atoms with Crippen molar-refractivity contribution in [3.63, 3.8) is 0 Å². The van der Waals surface area contributed by atoms with E-state index in [1.165, 1.54) is 0 Å². The van der Waals surface area contributed by atoms with E-state index in [0.717, 1.165) is 27.5 Å². The first kappa shape index (κ1) is 16.2. The molecule has 5 heteroatoms. The smallest absolute Gasteiger partial charge is 0.249 e. The Kier molecular flexibility index (Phi) is 4.34. The first-order valence-electron chi connectivity index (χ1n) is 8.35. The van der Waals surface area contributed by atoms with Gasteiger partial charge < -0.3 is 4.57 Å². The zero-order valence-corrected chi connectivity index (χ0v) is 14.2. The third kappa shape index (κ3) is 2.46. The maximum Gasteiger partial charge on any atom is 0.249 e. The largest absolute Gasteiger partial charge is 0.313 e. The quantitative estimate of drug-likeness (QED) is 0.697. The lowest BCUT2D eigenvalue weighted by atomic mass is 10.1. The topological polar surface area (TPSA) is 64.0 Å². The number of nitrogens with zero attached hydrogens (tertiary/aromatic N) is 2. The second kappa shape index (κ2) is 6.43. The van der Waals surface area contributed by atoms with Crippen LogP contribution in [0.1, 0.15) is 38.3 Å². The summed E-state index contributed by atoms with van der Waals surface area (Å²) in [5, 5.41) is 4.60. The lowest BCUT2D eigenvalue weighted by Crippen LogP contribution is -2.41. The molecule has 1 fully saturated rings. The van der Waals surface area contributed by atoms with Crippen molar-refractivity contribution in [3.05, 3.63) is 42.1 Å². The van der Waals surface area contributed by atoms with Gasteiger partial charge in [-0.15, -0.1) is 0 Å². The third-order valence-electron chi connectivity index (χ3n) is 4.32. The van der Waals surface area contributed by atoms with E-state index in [1.54, 1.807) is 6.20 Å². The number of imide groups is 1. The summed E-state index contributed by atoms with van der Waals surface area (Å²) < 4.78 is 1.97. The number of carbonyl (C=O) groups excluding carboxylic acids is 2. The molecular weight excluding hydrogens is 302 g/mol. The molecular formula is C19H21N3O2. The Hall–Kier alpha value is -2.69. The van der Waals surface area contributed by atoms with E-state index >= 15 is 0 Å². The number of aromatic nitrogens is 2. The number of carbonyl (C=O) groups is 2. The Labute approximate surface area is 140 Å². The molecule has 24 heavy (non-hydrogen) atoms. The predicted molar refractivity (Wildman–Crippen MR) is 94.7 cm³/mol. The zero-order valence-electron chi connectivity index (χ0n) is 14.2. The van der Waals surface area contributed by atoms with Crippen LogP contribution in [0.15, 0.2) is 36.5 Å². The van der Waals surface area contributed by atoms with Crippen molar-refractivity contribution in [2.24, 2.45) is 0 Å². The van der Waals surface area contributed by atoms with E-state index in [0.29, 0.717) is 12.8 Å². The summed E-state index contributed by atoms with van der Waals surface area (Å²) in [6.45, 7) is 6.06. The summed E-state index contributed by atoms with van der Waals surface area (Å²) in [6.07, 6.45) is 2.60. The van der Waals surface area contributed by atoms with Crippen LogP contribution in [-0.4, -0.2) is 21.4 Å². The Morgan fingerprint density at radius 3 is 2.71 bits per heavy atom. The van der Waals surface area contributed by atoms with E-state index in [-0.39, 0.29) is 11.8 Å². The number of aryl methyl sites for hydroxylation is 1. The Morgan fingerprint density at radius 1 is 1.17 bits per heavy atom. The molecule has 0 saturated carbocycles. The van der Waals surface area contributed by atoms with Gasteiger partial charge in [0.15, 0.2) is 0 Å². The van der Waals surface area contributed by atoms with Gasteiger partial charge in [0.2, 0.25) is 11.8 Å². The highest BCUT2D eigenvalue weighted by molar-refractivity contribution is 6.10. The third-order valence-corrected chi connectivity index (χ3v) is 4.32. The molecule has 1 aliphatic heterocycles. The molecule has 3 aromatic rings. The fourth-order valence-corrected chi connectivity index (χ4v) is 3.35. The highest BCUT2D eigenvalue weighted by atomic mass is 16.2. The average molecular weight is 323 g/mol. The van der Waals surface area contributed by atoms with Crippen LogP contribution in [0.4, 0.5) is 0 Å². The van der Waals surface area contributed by atoms with Gasteiger partial charge in [0.25, 0.3) is 0 Å². The molecule has 1 N–H and O–H groups in total. The van der Waals surface area contributed by atoms with Gasteiger partial charge in [-0.3, -0.25) is 14.9 Å². The van der Waals surface area contributed by atoms with Crippen LogP contribution in [0.25, 0.3) is 21.9 Å². The zero-order chi connectivity index (χ0) is 17.3. The number of nitrogens with one attached hydrogen (secondary N) is 1. The molecule has 1 aliphatic rings. The molecule has 5 nitrogen and oxygen atoms in total. The first-order valence-corrected chi connectivity index (χ1v) is 8.35. The minimum absolute atomic E-state index is 0.203. The molecule has 1 unspecified atom stereocenters. The highest BCUT2D eigenvalue weighted by Gasteiger charge is 2.30. The van der Waals surface area contributed by atoms with Gasteiger partial charge in [-0.1, -0.05) is 26.0 Å². The first-order chi connectivity index (χ1) is 11.7. The number of benzene rings is 1. The number of piperidine rings is 1. The maximum absolute atomic E-state index is 12.3. The lowest BCUT2D eigenvalue weighted by molar-refractivity contribution is -0.135. The monoisotopic (exact) mass is 323 g/mol. The molecule has 0 radical (unpaired) electrons. The summed E-state index contributed by atoms with van der Waals surface area (Å²) in [6, 6.07) is 9.59. The van der Waals surface area contributed by atoms with Crippen molar-refractivity contribution < 1.29 is 9.59 Å². The van der Waals surface area contributed by atoms with E-state index in [2.05, 4.69) is 23.3 Å². The van der Waals surface area contributed by atoms with E-state index < -0.39 is 6.04 Å².